The van der Waals surface area contributed by atoms with Crippen LogP contribution in [0.2, 0.25) is 0 Å². The quantitative estimate of drug-likeness (QED) is 0.626. The van der Waals surface area contributed by atoms with E-state index in [9.17, 15) is 20.1 Å². The molecule has 0 heterocycles. The number of fused-ring (bicyclic) bond motifs is 3. The molecule has 0 aromatic heterocycles. The fourth-order valence-electron chi connectivity index (χ4n) is 5.08. The summed E-state index contributed by atoms with van der Waals surface area (Å²) >= 11 is 0. The third-order valence-electron chi connectivity index (χ3n) is 6.29. The Hall–Kier alpha value is -3.34. The first kappa shape index (κ1) is 18.5. The van der Waals surface area contributed by atoms with E-state index >= 15 is 0 Å². The highest BCUT2D eigenvalue weighted by Crippen LogP contribution is 2.63. The van der Waals surface area contributed by atoms with Crippen LogP contribution in [0.15, 0.2) is 34.9 Å². The van der Waals surface area contributed by atoms with Crippen molar-refractivity contribution in [1.29, 1.82) is 10.5 Å². The van der Waals surface area contributed by atoms with E-state index in [1.54, 1.807) is 12.2 Å². The first-order valence-corrected chi connectivity index (χ1v) is 8.72. The number of allylic oxidation sites excluding steroid dienone is 6. The first-order valence-electron chi connectivity index (χ1n) is 8.72. The van der Waals surface area contributed by atoms with Crippen LogP contribution in [0.5, 0.6) is 0 Å². The lowest BCUT2D eigenvalue weighted by Gasteiger charge is -2.56. The number of Topliss-reactive ketones (excluding diaryl/α,β-unsaturated/α-hetero) is 1. The van der Waals surface area contributed by atoms with Crippen molar-refractivity contribution in [3.05, 3.63) is 34.9 Å². The van der Waals surface area contributed by atoms with Gasteiger partial charge in [-0.2, -0.15) is 10.5 Å². The normalized spacial score (nSPS) is 33.3. The molecular weight excluding hydrogens is 336 g/mol. The van der Waals surface area contributed by atoms with E-state index in [1.807, 2.05) is 32.9 Å². The van der Waals surface area contributed by atoms with Gasteiger partial charge in [0, 0.05) is 10.8 Å². The fraction of sp³-hybridized carbons (Fsp3) is 0.391. The van der Waals surface area contributed by atoms with Crippen molar-refractivity contribution in [2.24, 2.45) is 22.2 Å². The molecule has 4 nitrogen and oxygen atoms in total. The van der Waals surface area contributed by atoms with Gasteiger partial charge in [0.1, 0.15) is 12.1 Å². The molecule has 0 N–H and O–H groups in total. The van der Waals surface area contributed by atoms with Crippen molar-refractivity contribution in [1.82, 2.24) is 0 Å². The van der Waals surface area contributed by atoms with Crippen LogP contribution < -0.4 is 0 Å². The minimum absolute atomic E-state index is 0.0442. The molecule has 4 heteroatoms. The maximum atomic E-state index is 12.8. The first-order chi connectivity index (χ1) is 12.7. The molecule has 0 aliphatic heterocycles. The topological polar surface area (TPSA) is 81.7 Å². The average Bonchev–Trinajstić information content (AvgIpc) is 2.63. The number of hydrogen-bond donors (Lipinski definition) is 0. The number of carbonyl (C=O) groups is 2. The van der Waals surface area contributed by atoms with Crippen molar-refractivity contribution in [2.75, 3.05) is 0 Å². The second-order valence-electron chi connectivity index (χ2n) is 8.05. The summed E-state index contributed by atoms with van der Waals surface area (Å²) in [6.07, 6.45) is 11.3. The Morgan fingerprint density at radius 3 is 2.37 bits per heavy atom. The largest absolute Gasteiger partial charge is 0.293 e. The van der Waals surface area contributed by atoms with Gasteiger partial charge < -0.3 is 0 Å². The molecule has 132 valence electrons. The number of nitriles is 2. The third kappa shape index (κ3) is 2.39. The van der Waals surface area contributed by atoms with E-state index in [1.165, 1.54) is 6.08 Å². The Balaban J connectivity index is 2.33. The van der Waals surface area contributed by atoms with Crippen molar-refractivity contribution in [3.63, 3.8) is 0 Å². The van der Waals surface area contributed by atoms with E-state index in [4.69, 9.17) is 6.42 Å². The lowest BCUT2D eigenvalue weighted by molar-refractivity contribution is -0.130. The monoisotopic (exact) mass is 354 g/mol. The summed E-state index contributed by atoms with van der Waals surface area (Å²) in [7, 11) is 0. The number of hydrogen-bond acceptors (Lipinski definition) is 4. The van der Waals surface area contributed by atoms with Crippen LogP contribution in [-0.4, -0.2) is 11.6 Å². The van der Waals surface area contributed by atoms with Gasteiger partial charge in [-0.1, -0.05) is 32.8 Å². The minimum atomic E-state index is -0.843. The molecule has 1 fully saturated rings. The molecule has 1 saturated carbocycles. The molecule has 3 rings (SSSR count). The summed E-state index contributed by atoms with van der Waals surface area (Å²) in [6.45, 7) is 5.65. The van der Waals surface area contributed by atoms with Crippen LogP contribution in [0.25, 0.3) is 0 Å². The van der Waals surface area contributed by atoms with Gasteiger partial charge in [0.15, 0.2) is 11.6 Å². The molecule has 1 unspecified atom stereocenters. The molecule has 3 aliphatic carbocycles. The van der Waals surface area contributed by atoms with E-state index in [0.29, 0.717) is 18.4 Å². The van der Waals surface area contributed by atoms with Crippen molar-refractivity contribution < 1.29 is 9.59 Å². The van der Waals surface area contributed by atoms with E-state index in [0.717, 1.165) is 0 Å². The summed E-state index contributed by atoms with van der Waals surface area (Å²) in [5, 5.41) is 18.8. The molecule has 0 amide bonds. The van der Waals surface area contributed by atoms with Gasteiger partial charge in [-0.15, -0.1) is 6.42 Å². The number of nitrogens with zero attached hydrogens (tertiary/aromatic N) is 2. The molecule has 27 heavy (non-hydrogen) atoms. The highest BCUT2D eigenvalue weighted by atomic mass is 16.1. The molecule has 0 spiro atoms. The molecule has 0 saturated heterocycles. The van der Waals surface area contributed by atoms with Gasteiger partial charge in [-0.3, -0.25) is 9.59 Å². The maximum Gasteiger partial charge on any atom is 0.196 e. The average molecular weight is 354 g/mol. The predicted octanol–water partition coefficient (Wildman–Crippen LogP) is 3.04. The van der Waals surface area contributed by atoms with Crippen LogP contribution in [0.1, 0.15) is 33.6 Å². The van der Waals surface area contributed by atoms with Gasteiger partial charge >= 0.3 is 0 Å². The fourth-order valence-corrected chi connectivity index (χ4v) is 5.08. The van der Waals surface area contributed by atoms with Crippen molar-refractivity contribution >= 4 is 11.6 Å². The predicted molar refractivity (Wildman–Crippen MR) is 99.1 cm³/mol. The lowest BCUT2D eigenvalue weighted by atomic mass is 9.45. The van der Waals surface area contributed by atoms with Crippen LogP contribution >= 0.6 is 0 Å². The summed E-state index contributed by atoms with van der Waals surface area (Å²) in [5.74, 6) is 7.38. The van der Waals surface area contributed by atoms with E-state index < -0.39 is 16.2 Å². The van der Waals surface area contributed by atoms with Gasteiger partial charge in [0.05, 0.1) is 16.6 Å². The number of rotatable bonds is 0. The second-order valence-corrected chi connectivity index (χ2v) is 8.05. The van der Waals surface area contributed by atoms with Gasteiger partial charge in [-0.05, 0) is 48.3 Å². The third-order valence-corrected chi connectivity index (χ3v) is 6.29. The lowest BCUT2D eigenvalue weighted by Crippen LogP contribution is -2.53. The highest BCUT2D eigenvalue weighted by molar-refractivity contribution is 6.09. The zero-order valence-electron chi connectivity index (χ0n) is 15.5. The van der Waals surface area contributed by atoms with Crippen LogP contribution in [0.4, 0.5) is 0 Å². The Morgan fingerprint density at radius 2 is 1.78 bits per heavy atom. The van der Waals surface area contributed by atoms with Gasteiger partial charge in [0.2, 0.25) is 0 Å². The SMILES string of the molecule is C#CC#C[C@]12C=C(C#N)C(=O)C=C1[C@@]1(C)C=C(C#N)C(=O)C(C)(C)C1CC2. The number of terminal acetylenes is 1. The maximum absolute atomic E-state index is 12.8. The molecule has 3 atom stereocenters. The Kier molecular flexibility index (Phi) is 3.99. The highest BCUT2D eigenvalue weighted by Gasteiger charge is 2.59. The smallest absolute Gasteiger partial charge is 0.196 e. The van der Waals surface area contributed by atoms with E-state index in [-0.39, 0.29) is 28.6 Å². The molecule has 0 aromatic rings. The zero-order chi connectivity index (χ0) is 20.0. The van der Waals surface area contributed by atoms with Gasteiger partial charge in [-0.25, -0.2) is 0 Å². The Bertz CT molecular complexity index is 1050. The summed E-state index contributed by atoms with van der Waals surface area (Å²) in [6, 6.07) is 3.95. The summed E-state index contributed by atoms with van der Waals surface area (Å²) in [4.78, 5) is 25.2. The standard InChI is InChI=1S/C23H18N2O2/c1-5-6-8-23-9-7-18-21(2,3)20(27)16(14-25)11-22(18,4)19(23)10-17(26)15(12-23)13-24/h1,10-12,18H,7,9H2,2-4H3/t18?,22-,23-/m0/s1. The zero-order valence-corrected chi connectivity index (χ0v) is 15.5. The van der Waals surface area contributed by atoms with Crippen molar-refractivity contribution in [2.45, 2.75) is 33.6 Å². The minimum Gasteiger partial charge on any atom is -0.293 e. The van der Waals surface area contributed by atoms with Crippen molar-refractivity contribution in [3.8, 4) is 36.3 Å². The molecule has 0 aromatic carbocycles. The van der Waals surface area contributed by atoms with Crippen LogP contribution in [0.3, 0.4) is 0 Å². The Morgan fingerprint density at radius 1 is 1.11 bits per heavy atom. The van der Waals surface area contributed by atoms with E-state index in [2.05, 4.69) is 17.8 Å². The van der Waals surface area contributed by atoms with Gasteiger partial charge in [0.25, 0.3) is 0 Å². The summed E-state index contributed by atoms with van der Waals surface area (Å²) < 4.78 is 0. The molecule has 0 radical (unpaired) electrons. The molecule has 3 aliphatic rings. The number of ketones is 2. The summed E-state index contributed by atoms with van der Waals surface area (Å²) in [5.41, 5.74) is -1.44. The number of carbonyl (C=O) groups excluding carboxylic acids is 2. The van der Waals surface area contributed by atoms with Crippen LogP contribution in [-0.2, 0) is 9.59 Å². The molecular formula is C23H18N2O2. The Labute approximate surface area is 159 Å². The van der Waals surface area contributed by atoms with Crippen LogP contribution in [0, 0.1) is 69.0 Å². The second kappa shape index (κ2) is 5.84. The molecule has 0 bridgehead atoms.